The zero-order chi connectivity index (χ0) is 48.6. The largest absolute Gasteiger partial charge is 0.462 e. The molecule has 0 radical (unpaired) electrons. The van der Waals surface area contributed by atoms with E-state index in [9.17, 15) is 14.4 Å². The summed E-state index contributed by atoms with van der Waals surface area (Å²) in [6, 6.07) is 0. The van der Waals surface area contributed by atoms with Crippen LogP contribution in [0.4, 0.5) is 0 Å². The minimum absolute atomic E-state index is 0.0958. The fourth-order valence-corrected chi connectivity index (χ4v) is 7.43. The second-order valence-corrected chi connectivity index (χ2v) is 18.2. The van der Waals surface area contributed by atoms with Crippen LogP contribution in [0.2, 0.25) is 0 Å². The maximum atomic E-state index is 12.8. The second-order valence-electron chi connectivity index (χ2n) is 18.2. The maximum Gasteiger partial charge on any atom is 0.306 e. The minimum Gasteiger partial charge on any atom is -0.462 e. The van der Waals surface area contributed by atoms with Crippen molar-refractivity contribution in [1.82, 2.24) is 0 Å². The number of ether oxygens (including phenoxy) is 3. The van der Waals surface area contributed by atoms with E-state index in [0.717, 1.165) is 135 Å². The highest BCUT2D eigenvalue weighted by Crippen LogP contribution is 2.14. The Morgan fingerprint density at radius 3 is 1.07 bits per heavy atom. The van der Waals surface area contributed by atoms with Crippen LogP contribution in [-0.4, -0.2) is 37.2 Å². The highest BCUT2D eigenvalue weighted by Gasteiger charge is 2.19. The van der Waals surface area contributed by atoms with Gasteiger partial charge in [-0.15, -0.1) is 0 Å². The molecule has 0 bridgehead atoms. The molecule has 0 spiro atoms. The van der Waals surface area contributed by atoms with Crippen molar-refractivity contribution in [3.63, 3.8) is 0 Å². The Balaban J connectivity index is 4.45. The van der Waals surface area contributed by atoms with Gasteiger partial charge in [0.15, 0.2) is 6.10 Å². The van der Waals surface area contributed by atoms with Crippen molar-refractivity contribution < 1.29 is 28.6 Å². The standard InChI is InChI=1S/C61H102O6/c1-4-7-10-13-16-19-22-25-27-29-31-33-34-36-39-42-45-48-51-54-60(63)66-57-58(56-65-59(62)53-50-47-44-41-38-24-21-18-15-12-9-6-3)67-61(64)55-52-49-46-43-40-37-35-32-30-28-26-23-20-17-14-11-8-5-2/h7,10,16,18-19,21,23,25-28,30-33,35,58H,4-6,8-9,11-15,17,20,22,24,29,34,36-57H2,1-3H3/b10-7-,19-16-,21-18-,26-23-,27-25-,30-28-,33-31-,35-32-. The summed E-state index contributed by atoms with van der Waals surface area (Å²) in [7, 11) is 0. The predicted octanol–water partition coefficient (Wildman–Crippen LogP) is 18.5. The van der Waals surface area contributed by atoms with Crippen molar-refractivity contribution >= 4 is 17.9 Å². The molecule has 0 aromatic heterocycles. The average Bonchev–Trinajstić information content (AvgIpc) is 3.33. The lowest BCUT2D eigenvalue weighted by Gasteiger charge is -2.18. The van der Waals surface area contributed by atoms with Crippen LogP contribution in [0, 0.1) is 0 Å². The van der Waals surface area contributed by atoms with Gasteiger partial charge in [-0.3, -0.25) is 14.4 Å². The van der Waals surface area contributed by atoms with Gasteiger partial charge in [0.25, 0.3) is 0 Å². The molecule has 382 valence electrons. The van der Waals surface area contributed by atoms with E-state index in [2.05, 4.69) is 118 Å². The molecule has 0 rings (SSSR count). The van der Waals surface area contributed by atoms with Crippen LogP contribution in [0.15, 0.2) is 97.2 Å². The molecule has 1 unspecified atom stereocenters. The first kappa shape index (κ1) is 63.3. The van der Waals surface area contributed by atoms with Crippen LogP contribution >= 0.6 is 0 Å². The van der Waals surface area contributed by atoms with Gasteiger partial charge in [-0.2, -0.15) is 0 Å². The monoisotopic (exact) mass is 931 g/mol. The molecule has 0 N–H and O–H groups in total. The highest BCUT2D eigenvalue weighted by molar-refractivity contribution is 5.71. The number of unbranched alkanes of at least 4 members (excludes halogenated alkanes) is 24. The Morgan fingerprint density at radius 2 is 0.642 bits per heavy atom. The summed E-state index contributed by atoms with van der Waals surface area (Å²) in [6.07, 6.45) is 72.4. The molecule has 0 aromatic carbocycles. The first-order valence-electron chi connectivity index (χ1n) is 27.8. The summed E-state index contributed by atoms with van der Waals surface area (Å²) in [4.78, 5) is 38.1. The Bertz CT molecular complexity index is 1350. The van der Waals surface area contributed by atoms with Crippen molar-refractivity contribution in [2.75, 3.05) is 13.2 Å². The van der Waals surface area contributed by atoms with E-state index < -0.39 is 6.10 Å². The molecule has 0 aliphatic heterocycles. The fraction of sp³-hybridized carbons (Fsp3) is 0.689. The molecular formula is C61H102O6. The molecule has 0 aliphatic rings. The van der Waals surface area contributed by atoms with Crippen LogP contribution in [0.3, 0.4) is 0 Å². The van der Waals surface area contributed by atoms with Crippen molar-refractivity contribution in [2.24, 2.45) is 0 Å². The summed E-state index contributed by atoms with van der Waals surface area (Å²) in [5, 5.41) is 0. The van der Waals surface area contributed by atoms with E-state index in [0.29, 0.717) is 19.3 Å². The molecule has 1 atom stereocenters. The van der Waals surface area contributed by atoms with Gasteiger partial charge in [-0.25, -0.2) is 0 Å². The van der Waals surface area contributed by atoms with E-state index in [4.69, 9.17) is 14.2 Å². The lowest BCUT2D eigenvalue weighted by molar-refractivity contribution is -0.167. The molecule has 6 nitrogen and oxygen atoms in total. The van der Waals surface area contributed by atoms with Gasteiger partial charge in [-0.1, -0.05) is 221 Å². The molecule has 0 amide bonds. The summed E-state index contributed by atoms with van der Waals surface area (Å²) in [5.41, 5.74) is 0. The number of carbonyl (C=O) groups is 3. The normalized spacial score (nSPS) is 12.8. The molecule has 0 saturated carbocycles. The summed E-state index contributed by atoms with van der Waals surface area (Å²) >= 11 is 0. The number of carbonyl (C=O) groups excluding carboxylic acids is 3. The third-order valence-electron chi connectivity index (χ3n) is 11.6. The smallest absolute Gasteiger partial charge is 0.306 e. The Kier molecular flexibility index (Phi) is 51.9. The third-order valence-corrected chi connectivity index (χ3v) is 11.6. The van der Waals surface area contributed by atoms with Gasteiger partial charge >= 0.3 is 17.9 Å². The van der Waals surface area contributed by atoms with Gasteiger partial charge in [0, 0.05) is 19.3 Å². The van der Waals surface area contributed by atoms with Gasteiger partial charge in [0.2, 0.25) is 0 Å². The van der Waals surface area contributed by atoms with Crippen LogP contribution in [-0.2, 0) is 28.6 Å². The topological polar surface area (TPSA) is 78.9 Å². The van der Waals surface area contributed by atoms with Gasteiger partial charge < -0.3 is 14.2 Å². The first-order valence-corrected chi connectivity index (χ1v) is 27.8. The zero-order valence-corrected chi connectivity index (χ0v) is 43.6. The SMILES string of the molecule is CC/C=C\C/C=C\C/C=C\C/C=C\CCCCCCCCC(=O)OCC(COC(=O)CCCCCCC/C=C\CCCCC)OC(=O)CCCCCCC\C=C/C=C\C=C/CCCCCCC. The van der Waals surface area contributed by atoms with Crippen LogP contribution < -0.4 is 0 Å². The van der Waals surface area contributed by atoms with Crippen molar-refractivity contribution in [2.45, 2.75) is 258 Å². The lowest BCUT2D eigenvalue weighted by Crippen LogP contribution is -2.30. The van der Waals surface area contributed by atoms with Crippen molar-refractivity contribution in [3.8, 4) is 0 Å². The minimum atomic E-state index is -0.799. The van der Waals surface area contributed by atoms with Crippen LogP contribution in [0.1, 0.15) is 252 Å². The Hall–Kier alpha value is -3.67. The lowest BCUT2D eigenvalue weighted by atomic mass is 10.1. The van der Waals surface area contributed by atoms with Gasteiger partial charge in [0.1, 0.15) is 13.2 Å². The van der Waals surface area contributed by atoms with Gasteiger partial charge in [0.05, 0.1) is 0 Å². The van der Waals surface area contributed by atoms with Crippen LogP contribution in [0.5, 0.6) is 0 Å². The zero-order valence-electron chi connectivity index (χ0n) is 43.6. The molecule has 67 heavy (non-hydrogen) atoms. The number of rotatable bonds is 49. The van der Waals surface area contributed by atoms with E-state index >= 15 is 0 Å². The number of esters is 3. The second kappa shape index (κ2) is 54.9. The van der Waals surface area contributed by atoms with Crippen molar-refractivity contribution in [1.29, 1.82) is 0 Å². The number of hydrogen-bond acceptors (Lipinski definition) is 6. The molecule has 0 saturated heterocycles. The Labute approximate surface area is 413 Å². The van der Waals surface area contributed by atoms with Crippen molar-refractivity contribution in [3.05, 3.63) is 97.2 Å². The van der Waals surface area contributed by atoms with E-state index in [1.54, 1.807) is 0 Å². The molecule has 0 aromatic rings. The Morgan fingerprint density at radius 1 is 0.328 bits per heavy atom. The highest BCUT2D eigenvalue weighted by atomic mass is 16.6. The maximum absolute atomic E-state index is 12.8. The quantitative estimate of drug-likeness (QED) is 0.0199. The summed E-state index contributed by atoms with van der Waals surface area (Å²) in [6.45, 7) is 6.45. The fourth-order valence-electron chi connectivity index (χ4n) is 7.43. The first-order chi connectivity index (χ1) is 33.0. The predicted molar refractivity (Wildman–Crippen MR) is 288 cm³/mol. The molecule has 0 aliphatic carbocycles. The number of hydrogen-bond donors (Lipinski definition) is 0. The molecule has 6 heteroatoms. The van der Waals surface area contributed by atoms with E-state index in [1.807, 2.05) is 0 Å². The number of allylic oxidation sites excluding steroid dienone is 16. The van der Waals surface area contributed by atoms with Gasteiger partial charge in [-0.05, 0) is 109 Å². The van der Waals surface area contributed by atoms with E-state index in [-0.39, 0.29) is 31.1 Å². The molecule has 0 heterocycles. The summed E-state index contributed by atoms with van der Waals surface area (Å²) in [5.74, 6) is -0.938. The molecular weight excluding hydrogens is 829 g/mol. The summed E-state index contributed by atoms with van der Waals surface area (Å²) < 4.78 is 16.8. The van der Waals surface area contributed by atoms with Crippen LogP contribution in [0.25, 0.3) is 0 Å². The third kappa shape index (κ3) is 53.2. The molecule has 0 fully saturated rings. The van der Waals surface area contributed by atoms with E-state index in [1.165, 1.54) is 77.0 Å². The average molecular weight is 931 g/mol.